The maximum Gasteiger partial charge on any atom is 0.387 e. The zero-order chi connectivity index (χ0) is 14.3. The first-order valence-corrected chi connectivity index (χ1v) is 6.51. The third-order valence-corrected chi connectivity index (χ3v) is 2.95. The maximum absolute atomic E-state index is 12.3. The molecule has 19 heavy (non-hydrogen) atoms. The lowest BCUT2D eigenvalue weighted by Gasteiger charge is -2.21. The van der Waals surface area contributed by atoms with Crippen molar-refractivity contribution in [2.24, 2.45) is 0 Å². The molecule has 0 saturated heterocycles. The van der Waals surface area contributed by atoms with Crippen LogP contribution >= 0.6 is 11.6 Å². The SMILES string of the molecule is CCN(CCCO)Cc1cc(Cl)ccc1OC(F)F. The normalized spacial score (nSPS) is 11.3. The van der Waals surface area contributed by atoms with Gasteiger partial charge in [0.2, 0.25) is 0 Å². The second-order valence-corrected chi connectivity index (χ2v) is 4.51. The van der Waals surface area contributed by atoms with Gasteiger partial charge < -0.3 is 9.84 Å². The molecule has 0 spiro atoms. The van der Waals surface area contributed by atoms with E-state index in [2.05, 4.69) is 4.74 Å². The fourth-order valence-corrected chi connectivity index (χ4v) is 1.96. The van der Waals surface area contributed by atoms with E-state index >= 15 is 0 Å². The van der Waals surface area contributed by atoms with Crippen LogP contribution in [0.2, 0.25) is 5.02 Å². The number of hydrogen-bond acceptors (Lipinski definition) is 3. The predicted octanol–water partition coefficient (Wildman–Crippen LogP) is 3.15. The fourth-order valence-electron chi connectivity index (χ4n) is 1.77. The third-order valence-electron chi connectivity index (χ3n) is 2.71. The molecule has 0 radical (unpaired) electrons. The van der Waals surface area contributed by atoms with Crippen LogP contribution in [0.15, 0.2) is 18.2 Å². The van der Waals surface area contributed by atoms with Gasteiger partial charge in [0, 0.05) is 30.3 Å². The Bertz CT molecular complexity index is 391. The van der Waals surface area contributed by atoms with E-state index in [9.17, 15) is 8.78 Å². The Labute approximate surface area is 116 Å². The molecular weight excluding hydrogens is 276 g/mol. The van der Waals surface area contributed by atoms with E-state index in [1.807, 2.05) is 11.8 Å². The highest BCUT2D eigenvalue weighted by atomic mass is 35.5. The van der Waals surface area contributed by atoms with Crippen LogP contribution in [-0.4, -0.2) is 36.3 Å². The summed E-state index contributed by atoms with van der Waals surface area (Å²) in [6.45, 7) is 1.11. The summed E-state index contributed by atoms with van der Waals surface area (Å²) in [5.74, 6) is 0.141. The summed E-state index contributed by atoms with van der Waals surface area (Å²) in [7, 11) is 0. The minimum absolute atomic E-state index is 0.104. The first kappa shape index (κ1) is 16.1. The summed E-state index contributed by atoms with van der Waals surface area (Å²) in [5.41, 5.74) is 0.618. The molecule has 0 fully saturated rings. The smallest absolute Gasteiger partial charge is 0.387 e. The Morgan fingerprint density at radius 1 is 1.42 bits per heavy atom. The van der Waals surface area contributed by atoms with Crippen molar-refractivity contribution in [1.82, 2.24) is 4.90 Å². The number of nitrogens with zero attached hydrogens (tertiary/aromatic N) is 1. The molecule has 0 aliphatic heterocycles. The van der Waals surface area contributed by atoms with E-state index in [0.717, 1.165) is 6.54 Å². The van der Waals surface area contributed by atoms with E-state index in [4.69, 9.17) is 16.7 Å². The van der Waals surface area contributed by atoms with Crippen molar-refractivity contribution in [2.75, 3.05) is 19.7 Å². The molecular formula is C13H18ClF2NO2. The molecule has 0 aliphatic carbocycles. The Hall–Kier alpha value is -0.910. The highest BCUT2D eigenvalue weighted by Gasteiger charge is 2.13. The summed E-state index contributed by atoms with van der Waals surface area (Å²) in [5, 5.41) is 9.30. The Kier molecular flexibility index (Phi) is 7.05. The van der Waals surface area contributed by atoms with Crippen LogP contribution in [0, 0.1) is 0 Å². The largest absolute Gasteiger partial charge is 0.434 e. The van der Waals surface area contributed by atoms with Gasteiger partial charge in [-0.05, 0) is 31.2 Å². The quantitative estimate of drug-likeness (QED) is 0.799. The first-order valence-electron chi connectivity index (χ1n) is 6.13. The van der Waals surface area contributed by atoms with E-state index < -0.39 is 6.61 Å². The highest BCUT2D eigenvalue weighted by Crippen LogP contribution is 2.25. The number of aliphatic hydroxyl groups excluding tert-OH is 1. The number of alkyl halides is 2. The zero-order valence-corrected chi connectivity index (χ0v) is 11.5. The molecule has 1 N–H and O–H groups in total. The second kappa shape index (κ2) is 8.30. The van der Waals surface area contributed by atoms with Crippen molar-refractivity contribution in [3.63, 3.8) is 0 Å². The van der Waals surface area contributed by atoms with Gasteiger partial charge in [0.05, 0.1) is 0 Å². The van der Waals surface area contributed by atoms with Gasteiger partial charge in [0.25, 0.3) is 0 Å². The van der Waals surface area contributed by atoms with Crippen molar-refractivity contribution >= 4 is 11.6 Å². The fraction of sp³-hybridized carbons (Fsp3) is 0.538. The van der Waals surface area contributed by atoms with Crippen LogP contribution in [0.25, 0.3) is 0 Å². The molecule has 0 atom stereocenters. The highest BCUT2D eigenvalue weighted by molar-refractivity contribution is 6.30. The van der Waals surface area contributed by atoms with Crippen molar-refractivity contribution in [3.8, 4) is 5.75 Å². The van der Waals surface area contributed by atoms with E-state index in [1.54, 1.807) is 6.07 Å². The van der Waals surface area contributed by atoms with Crippen LogP contribution < -0.4 is 4.74 Å². The molecule has 1 aromatic carbocycles. The van der Waals surface area contributed by atoms with Gasteiger partial charge in [-0.2, -0.15) is 8.78 Å². The van der Waals surface area contributed by atoms with Crippen LogP contribution in [0.5, 0.6) is 5.75 Å². The van der Waals surface area contributed by atoms with E-state index in [-0.39, 0.29) is 12.4 Å². The summed E-state index contributed by atoms with van der Waals surface area (Å²) >= 11 is 5.88. The molecule has 1 aromatic rings. The summed E-state index contributed by atoms with van der Waals surface area (Å²) in [4.78, 5) is 2.03. The molecule has 0 heterocycles. The number of aliphatic hydroxyl groups is 1. The first-order chi connectivity index (χ1) is 9.06. The van der Waals surface area contributed by atoms with Crippen molar-refractivity contribution in [2.45, 2.75) is 26.5 Å². The molecule has 0 unspecified atom stereocenters. The van der Waals surface area contributed by atoms with Crippen LogP contribution in [0.3, 0.4) is 0 Å². The minimum Gasteiger partial charge on any atom is -0.434 e. The third kappa shape index (κ3) is 5.72. The predicted molar refractivity (Wildman–Crippen MR) is 70.7 cm³/mol. The number of benzene rings is 1. The van der Waals surface area contributed by atoms with Gasteiger partial charge in [-0.15, -0.1) is 0 Å². The Morgan fingerprint density at radius 3 is 2.74 bits per heavy atom. The number of halogens is 3. The number of ether oxygens (including phenoxy) is 1. The molecule has 3 nitrogen and oxygen atoms in total. The Morgan fingerprint density at radius 2 is 2.16 bits per heavy atom. The molecule has 0 amide bonds. The standard InChI is InChI=1S/C13H18ClF2NO2/c1-2-17(6-3-7-18)9-10-8-11(14)4-5-12(10)19-13(15)16/h4-5,8,13,18H,2-3,6-7,9H2,1H3. The maximum atomic E-state index is 12.3. The van der Waals surface area contributed by atoms with Gasteiger partial charge in [-0.1, -0.05) is 18.5 Å². The van der Waals surface area contributed by atoms with Crippen molar-refractivity contribution in [1.29, 1.82) is 0 Å². The average Bonchev–Trinajstić information content (AvgIpc) is 2.37. The lowest BCUT2D eigenvalue weighted by atomic mass is 10.2. The van der Waals surface area contributed by atoms with Crippen LogP contribution in [0.1, 0.15) is 18.9 Å². The van der Waals surface area contributed by atoms with Crippen LogP contribution in [-0.2, 0) is 6.54 Å². The lowest BCUT2D eigenvalue weighted by Crippen LogP contribution is -2.25. The molecule has 1 rings (SSSR count). The molecule has 108 valence electrons. The number of rotatable bonds is 8. The second-order valence-electron chi connectivity index (χ2n) is 4.08. The Balaban J connectivity index is 2.81. The summed E-state index contributed by atoms with van der Waals surface area (Å²) in [6, 6.07) is 4.59. The average molecular weight is 294 g/mol. The summed E-state index contributed by atoms with van der Waals surface area (Å²) < 4.78 is 29.1. The topological polar surface area (TPSA) is 32.7 Å². The molecule has 0 saturated carbocycles. The van der Waals surface area contributed by atoms with Gasteiger partial charge in [-0.25, -0.2) is 0 Å². The summed E-state index contributed by atoms with van der Waals surface area (Å²) in [6.07, 6.45) is 0.638. The zero-order valence-electron chi connectivity index (χ0n) is 10.8. The lowest BCUT2D eigenvalue weighted by molar-refractivity contribution is -0.0507. The van der Waals surface area contributed by atoms with Crippen LogP contribution in [0.4, 0.5) is 8.78 Å². The van der Waals surface area contributed by atoms with Gasteiger partial charge in [0.1, 0.15) is 5.75 Å². The van der Waals surface area contributed by atoms with Gasteiger partial charge >= 0.3 is 6.61 Å². The monoisotopic (exact) mass is 293 g/mol. The van der Waals surface area contributed by atoms with E-state index in [1.165, 1.54) is 12.1 Å². The minimum atomic E-state index is -2.85. The number of hydrogen-bond donors (Lipinski definition) is 1. The van der Waals surface area contributed by atoms with Crippen molar-refractivity contribution in [3.05, 3.63) is 28.8 Å². The van der Waals surface area contributed by atoms with Gasteiger partial charge in [-0.3, -0.25) is 4.90 Å². The van der Waals surface area contributed by atoms with Crippen molar-refractivity contribution < 1.29 is 18.6 Å². The molecule has 0 aromatic heterocycles. The molecule has 0 bridgehead atoms. The van der Waals surface area contributed by atoms with Gasteiger partial charge in [0.15, 0.2) is 0 Å². The molecule has 6 heteroatoms. The van der Waals surface area contributed by atoms with E-state index in [0.29, 0.717) is 30.1 Å². The molecule has 0 aliphatic rings.